The molecule has 22 heavy (non-hydrogen) atoms. The second kappa shape index (κ2) is 7.75. The van der Waals surface area contributed by atoms with Crippen LogP contribution < -0.4 is 5.32 Å². The van der Waals surface area contributed by atoms with Gasteiger partial charge in [-0.3, -0.25) is 4.79 Å². The molecule has 0 bridgehead atoms. The predicted octanol–water partition coefficient (Wildman–Crippen LogP) is 3.61. The van der Waals surface area contributed by atoms with Crippen molar-refractivity contribution in [1.82, 2.24) is 10.2 Å². The molecule has 0 saturated carbocycles. The topological polar surface area (TPSA) is 32.3 Å². The van der Waals surface area contributed by atoms with Crippen molar-refractivity contribution in [2.75, 3.05) is 19.6 Å². The zero-order chi connectivity index (χ0) is 14.8. The van der Waals surface area contributed by atoms with Crippen LogP contribution in [-0.4, -0.2) is 36.5 Å². The highest BCUT2D eigenvalue weighted by molar-refractivity contribution is 9.10. The number of halogens is 3. The van der Waals surface area contributed by atoms with Crippen LogP contribution in [0, 0.1) is 11.7 Å². The summed E-state index contributed by atoms with van der Waals surface area (Å²) >= 11 is 3.11. The van der Waals surface area contributed by atoms with Gasteiger partial charge in [0.25, 0.3) is 5.91 Å². The van der Waals surface area contributed by atoms with Crippen LogP contribution in [0.25, 0.3) is 0 Å². The maximum atomic E-state index is 13.5. The number of carbonyl (C=O) groups is 1. The van der Waals surface area contributed by atoms with E-state index in [1.54, 1.807) is 12.1 Å². The van der Waals surface area contributed by atoms with Crippen molar-refractivity contribution in [2.45, 2.75) is 31.7 Å². The Hall–Kier alpha value is -0.650. The Morgan fingerprint density at radius 3 is 2.59 bits per heavy atom. The lowest BCUT2D eigenvalue weighted by molar-refractivity contribution is 0.0674. The molecule has 6 heteroatoms. The third-order valence-electron chi connectivity index (χ3n) is 4.66. The second-order valence-corrected chi connectivity index (χ2v) is 6.82. The summed E-state index contributed by atoms with van der Waals surface area (Å²) in [6.45, 7) is 2.68. The van der Waals surface area contributed by atoms with Crippen LogP contribution in [0.15, 0.2) is 22.7 Å². The van der Waals surface area contributed by atoms with Crippen LogP contribution in [0.1, 0.15) is 36.0 Å². The molecule has 1 aromatic carbocycles. The van der Waals surface area contributed by atoms with E-state index in [0.29, 0.717) is 22.0 Å². The molecule has 2 heterocycles. The molecule has 2 saturated heterocycles. The van der Waals surface area contributed by atoms with E-state index in [2.05, 4.69) is 21.2 Å². The smallest absolute Gasteiger partial charge is 0.253 e. The number of amides is 1. The molecule has 0 aromatic heterocycles. The van der Waals surface area contributed by atoms with Crippen molar-refractivity contribution in [3.05, 3.63) is 34.1 Å². The molecular formula is C16H21BrClFN2O. The number of carbonyl (C=O) groups excluding carboxylic acids is 1. The number of likely N-dealkylation sites (tertiary alicyclic amines) is 1. The highest BCUT2D eigenvalue weighted by Gasteiger charge is 2.30. The first kappa shape index (κ1) is 17.7. The van der Waals surface area contributed by atoms with Gasteiger partial charge in [-0.15, -0.1) is 12.4 Å². The lowest BCUT2D eigenvalue weighted by atomic mass is 9.88. The number of piperidine rings is 1. The van der Waals surface area contributed by atoms with E-state index in [-0.39, 0.29) is 24.1 Å². The molecule has 1 unspecified atom stereocenters. The first-order chi connectivity index (χ1) is 10.1. The zero-order valence-electron chi connectivity index (χ0n) is 12.4. The van der Waals surface area contributed by atoms with Crippen molar-refractivity contribution in [2.24, 2.45) is 5.92 Å². The van der Waals surface area contributed by atoms with Crippen LogP contribution in [0.4, 0.5) is 4.39 Å². The van der Waals surface area contributed by atoms with Crippen LogP contribution in [0.5, 0.6) is 0 Å². The van der Waals surface area contributed by atoms with Gasteiger partial charge in [0.05, 0.1) is 4.47 Å². The molecule has 2 aliphatic heterocycles. The SMILES string of the molecule is Cl.O=C(c1ccc(Br)c(F)c1)N1CCC(C2CCCN2)CC1. The van der Waals surface area contributed by atoms with Gasteiger partial charge >= 0.3 is 0 Å². The minimum absolute atomic E-state index is 0. The molecule has 0 radical (unpaired) electrons. The standard InChI is InChI=1S/C16H20BrFN2O.ClH/c17-13-4-3-12(10-14(13)18)16(21)20-8-5-11(6-9-20)15-2-1-7-19-15;/h3-4,10-11,15,19H,1-2,5-9H2;1H. The van der Waals surface area contributed by atoms with Gasteiger partial charge < -0.3 is 10.2 Å². The number of nitrogens with zero attached hydrogens (tertiary/aromatic N) is 1. The van der Waals surface area contributed by atoms with E-state index in [1.807, 2.05) is 4.90 Å². The summed E-state index contributed by atoms with van der Waals surface area (Å²) in [5.74, 6) is 0.239. The molecule has 1 aromatic rings. The maximum absolute atomic E-state index is 13.5. The van der Waals surface area contributed by atoms with Gasteiger partial charge in [-0.25, -0.2) is 4.39 Å². The van der Waals surface area contributed by atoms with Gasteiger partial charge in [-0.1, -0.05) is 0 Å². The van der Waals surface area contributed by atoms with Crippen LogP contribution in [0.2, 0.25) is 0 Å². The van der Waals surface area contributed by atoms with Crippen LogP contribution >= 0.6 is 28.3 Å². The Balaban J connectivity index is 0.00000176. The number of benzene rings is 1. The van der Waals surface area contributed by atoms with Crippen molar-refractivity contribution in [3.63, 3.8) is 0 Å². The quantitative estimate of drug-likeness (QED) is 0.835. The second-order valence-electron chi connectivity index (χ2n) is 5.96. The maximum Gasteiger partial charge on any atom is 0.253 e. The zero-order valence-corrected chi connectivity index (χ0v) is 14.8. The number of rotatable bonds is 2. The van der Waals surface area contributed by atoms with E-state index >= 15 is 0 Å². The predicted molar refractivity (Wildman–Crippen MR) is 91.0 cm³/mol. The van der Waals surface area contributed by atoms with Gasteiger partial charge in [-0.05, 0) is 72.3 Å². The first-order valence-electron chi connectivity index (χ1n) is 7.63. The summed E-state index contributed by atoms with van der Waals surface area (Å²) < 4.78 is 13.9. The highest BCUT2D eigenvalue weighted by atomic mass is 79.9. The fraction of sp³-hybridized carbons (Fsp3) is 0.562. The highest BCUT2D eigenvalue weighted by Crippen LogP contribution is 2.26. The molecule has 2 fully saturated rings. The van der Waals surface area contributed by atoms with E-state index in [0.717, 1.165) is 32.5 Å². The molecule has 1 atom stereocenters. The Morgan fingerprint density at radius 2 is 2.00 bits per heavy atom. The lowest BCUT2D eigenvalue weighted by Gasteiger charge is -2.35. The molecule has 2 aliphatic rings. The Morgan fingerprint density at radius 1 is 1.27 bits per heavy atom. The van der Waals surface area contributed by atoms with Gasteiger partial charge in [0.1, 0.15) is 5.82 Å². The van der Waals surface area contributed by atoms with E-state index in [9.17, 15) is 9.18 Å². The van der Waals surface area contributed by atoms with E-state index < -0.39 is 0 Å². The summed E-state index contributed by atoms with van der Waals surface area (Å²) in [6.07, 6.45) is 4.61. The largest absolute Gasteiger partial charge is 0.339 e. The van der Waals surface area contributed by atoms with Gasteiger partial charge in [0, 0.05) is 24.7 Å². The molecule has 0 aliphatic carbocycles. The third kappa shape index (κ3) is 3.81. The minimum atomic E-state index is -0.383. The normalized spacial score (nSPS) is 22.5. The molecule has 122 valence electrons. The lowest BCUT2D eigenvalue weighted by Crippen LogP contribution is -2.43. The molecule has 3 nitrogen and oxygen atoms in total. The average Bonchev–Trinajstić information content (AvgIpc) is 3.04. The fourth-order valence-electron chi connectivity index (χ4n) is 3.43. The molecule has 1 amide bonds. The van der Waals surface area contributed by atoms with Crippen molar-refractivity contribution in [1.29, 1.82) is 0 Å². The van der Waals surface area contributed by atoms with Crippen LogP contribution in [-0.2, 0) is 0 Å². The van der Waals surface area contributed by atoms with E-state index in [4.69, 9.17) is 0 Å². The summed E-state index contributed by atoms with van der Waals surface area (Å²) in [5, 5.41) is 3.56. The monoisotopic (exact) mass is 390 g/mol. The average molecular weight is 392 g/mol. The number of hydrogen-bond donors (Lipinski definition) is 1. The summed E-state index contributed by atoms with van der Waals surface area (Å²) in [7, 11) is 0. The van der Waals surface area contributed by atoms with Gasteiger partial charge in [0.15, 0.2) is 0 Å². The first-order valence-corrected chi connectivity index (χ1v) is 8.42. The summed E-state index contributed by atoms with van der Waals surface area (Å²) in [5.41, 5.74) is 0.438. The van der Waals surface area contributed by atoms with Gasteiger partial charge in [0.2, 0.25) is 0 Å². The molecular weight excluding hydrogens is 371 g/mol. The fourth-order valence-corrected chi connectivity index (χ4v) is 3.68. The molecule has 3 rings (SSSR count). The third-order valence-corrected chi connectivity index (χ3v) is 5.30. The summed E-state index contributed by atoms with van der Waals surface area (Å²) in [4.78, 5) is 14.3. The Labute approximate surface area is 145 Å². The van der Waals surface area contributed by atoms with E-state index in [1.165, 1.54) is 18.9 Å². The number of nitrogens with one attached hydrogen (secondary N) is 1. The number of hydrogen-bond acceptors (Lipinski definition) is 2. The minimum Gasteiger partial charge on any atom is -0.339 e. The summed E-state index contributed by atoms with van der Waals surface area (Å²) in [6, 6.07) is 5.22. The molecule has 0 spiro atoms. The van der Waals surface area contributed by atoms with Gasteiger partial charge in [-0.2, -0.15) is 0 Å². The van der Waals surface area contributed by atoms with Crippen molar-refractivity contribution in [3.8, 4) is 0 Å². The van der Waals surface area contributed by atoms with Crippen molar-refractivity contribution >= 4 is 34.2 Å². The molecule has 1 N–H and O–H groups in total. The van der Waals surface area contributed by atoms with Crippen molar-refractivity contribution < 1.29 is 9.18 Å². The Kier molecular flexibility index (Phi) is 6.24. The van der Waals surface area contributed by atoms with Crippen LogP contribution in [0.3, 0.4) is 0 Å². The Bertz CT molecular complexity index is 529.